The highest BCUT2D eigenvalue weighted by Crippen LogP contribution is 2.07. The second-order valence-electron chi connectivity index (χ2n) is 6.38. The predicted molar refractivity (Wildman–Crippen MR) is 102 cm³/mol. The first-order valence-corrected chi connectivity index (χ1v) is 9.98. The monoisotopic (exact) mass is 406 g/mol. The summed E-state index contributed by atoms with van der Waals surface area (Å²) in [6.07, 6.45) is 2.33. The van der Waals surface area contributed by atoms with Gasteiger partial charge in [-0.25, -0.2) is 4.79 Å². The highest BCUT2D eigenvalue weighted by Gasteiger charge is 2.29. The number of aliphatic carboxylic acids is 1. The van der Waals surface area contributed by atoms with Crippen molar-refractivity contribution in [2.24, 2.45) is 11.7 Å². The maximum atomic E-state index is 12.5. The molecule has 0 heterocycles. The Hall–Kier alpha value is -1.85. The summed E-state index contributed by atoms with van der Waals surface area (Å²) in [4.78, 5) is 47.4. The molecular weight excluding hydrogens is 376 g/mol. The van der Waals surface area contributed by atoms with E-state index in [9.17, 15) is 29.4 Å². The van der Waals surface area contributed by atoms with Crippen molar-refractivity contribution < 1.29 is 29.4 Å². The quantitative estimate of drug-likeness (QED) is 0.210. The van der Waals surface area contributed by atoms with E-state index < -0.39 is 48.4 Å². The zero-order chi connectivity index (χ0) is 21.0. The Kier molecular flexibility index (Phi) is 12.4. The van der Waals surface area contributed by atoms with Gasteiger partial charge in [0.05, 0.1) is 13.2 Å². The minimum Gasteiger partial charge on any atom is -0.480 e. The van der Waals surface area contributed by atoms with E-state index in [0.717, 1.165) is 0 Å². The molecule has 0 saturated carbocycles. The number of nitrogens with one attached hydrogen (secondary N) is 3. The third-order valence-corrected chi connectivity index (χ3v) is 4.23. The number of aliphatic hydroxyl groups excluding tert-OH is 1. The fraction of sp³-hybridized carbons (Fsp3) is 0.750. The first kappa shape index (κ1) is 25.1. The largest absolute Gasteiger partial charge is 0.480 e. The number of rotatable bonds is 13. The number of carbonyl (C=O) groups is 4. The molecular formula is C16H30N4O6S. The summed E-state index contributed by atoms with van der Waals surface area (Å²) in [7, 11) is 0. The number of thioether (sulfide) groups is 1. The molecule has 0 aliphatic carbocycles. The lowest BCUT2D eigenvalue weighted by molar-refractivity contribution is -0.142. The molecule has 3 amide bonds. The zero-order valence-corrected chi connectivity index (χ0v) is 16.7. The second kappa shape index (κ2) is 13.3. The molecule has 0 aromatic carbocycles. The molecule has 27 heavy (non-hydrogen) atoms. The summed E-state index contributed by atoms with van der Waals surface area (Å²) in [5.41, 5.74) is 5.17. The standard InChI is InChI=1S/C16H30N4O6S/c1-9(2)6-11(16(25)26)20-14(23)10(4-5-27-3)19-15(24)12(8-21)18-13(22)7-17/h9-12,21H,4-8,17H2,1-3H3,(H,18,22)(H,19,24)(H,20,23)(H,25,26). The van der Waals surface area contributed by atoms with Gasteiger partial charge in [-0.1, -0.05) is 13.8 Å². The van der Waals surface area contributed by atoms with Gasteiger partial charge < -0.3 is 31.9 Å². The molecule has 11 heteroatoms. The molecule has 0 radical (unpaired) electrons. The Morgan fingerprint density at radius 1 is 1.00 bits per heavy atom. The minimum absolute atomic E-state index is 0.0517. The van der Waals surface area contributed by atoms with Crippen LogP contribution in [0.25, 0.3) is 0 Å². The maximum absolute atomic E-state index is 12.5. The van der Waals surface area contributed by atoms with Gasteiger partial charge in [0.15, 0.2) is 0 Å². The van der Waals surface area contributed by atoms with Crippen molar-refractivity contribution in [3.8, 4) is 0 Å². The first-order chi connectivity index (χ1) is 12.7. The van der Waals surface area contributed by atoms with Gasteiger partial charge in [0, 0.05) is 0 Å². The summed E-state index contributed by atoms with van der Waals surface area (Å²) in [5.74, 6) is -2.58. The Morgan fingerprint density at radius 3 is 2.00 bits per heavy atom. The van der Waals surface area contributed by atoms with Crippen LogP contribution in [0.4, 0.5) is 0 Å². The van der Waals surface area contributed by atoms with Crippen LogP contribution in [0.2, 0.25) is 0 Å². The molecule has 0 spiro atoms. The van der Waals surface area contributed by atoms with Crippen LogP contribution in [0, 0.1) is 5.92 Å². The lowest BCUT2D eigenvalue weighted by Gasteiger charge is -2.24. The van der Waals surface area contributed by atoms with Gasteiger partial charge in [-0.15, -0.1) is 0 Å². The number of hydrogen-bond acceptors (Lipinski definition) is 7. The van der Waals surface area contributed by atoms with Crippen LogP contribution in [0.1, 0.15) is 26.7 Å². The number of amides is 3. The highest BCUT2D eigenvalue weighted by molar-refractivity contribution is 7.98. The van der Waals surface area contributed by atoms with Gasteiger partial charge in [-0.3, -0.25) is 14.4 Å². The van der Waals surface area contributed by atoms with Gasteiger partial charge in [0.2, 0.25) is 17.7 Å². The molecule has 3 atom stereocenters. The van der Waals surface area contributed by atoms with Crippen LogP contribution in [-0.4, -0.2) is 77.2 Å². The van der Waals surface area contributed by atoms with Gasteiger partial charge in [-0.2, -0.15) is 11.8 Å². The van der Waals surface area contributed by atoms with E-state index in [0.29, 0.717) is 5.75 Å². The second-order valence-corrected chi connectivity index (χ2v) is 7.36. The topological polar surface area (TPSA) is 171 Å². The van der Waals surface area contributed by atoms with E-state index in [1.807, 2.05) is 20.1 Å². The molecule has 0 bridgehead atoms. The Morgan fingerprint density at radius 2 is 1.56 bits per heavy atom. The van der Waals surface area contributed by atoms with Crippen molar-refractivity contribution >= 4 is 35.5 Å². The van der Waals surface area contributed by atoms with Crippen LogP contribution < -0.4 is 21.7 Å². The Labute approximate surface area is 163 Å². The number of carboxylic acids is 1. The van der Waals surface area contributed by atoms with Crippen molar-refractivity contribution in [3.05, 3.63) is 0 Å². The Balaban J connectivity index is 5.12. The van der Waals surface area contributed by atoms with Crippen molar-refractivity contribution in [1.82, 2.24) is 16.0 Å². The molecule has 0 aliphatic rings. The van der Waals surface area contributed by atoms with Crippen molar-refractivity contribution in [3.63, 3.8) is 0 Å². The Bertz CT molecular complexity index is 517. The van der Waals surface area contributed by atoms with E-state index >= 15 is 0 Å². The summed E-state index contributed by atoms with van der Waals surface area (Å²) in [6, 6.07) is -3.32. The molecule has 156 valence electrons. The molecule has 3 unspecified atom stereocenters. The fourth-order valence-electron chi connectivity index (χ4n) is 2.19. The third-order valence-electron chi connectivity index (χ3n) is 3.59. The average Bonchev–Trinajstić information content (AvgIpc) is 2.61. The summed E-state index contributed by atoms with van der Waals surface area (Å²) in [6.45, 7) is 2.65. The van der Waals surface area contributed by atoms with Crippen molar-refractivity contribution in [2.45, 2.75) is 44.8 Å². The smallest absolute Gasteiger partial charge is 0.326 e. The van der Waals surface area contributed by atoms with E-state index in [1.165, 1.54) is 11.8 Å². The van der Waals surface area contributed by atoms with Crippen LogP contribution in [0.3, 0.4) is 0 Å². The number of carbonyl (C=O) groups excluding carboxylic acids is 3. The predicted octanol–water partition coefficient (Wildman–Crippen LogP) is -1.72. The summed E-state index contributed by atoms with van der Waals surface area (Å²) < 4.78 is 0. The molecule has 0 rings (SSSR count). The zero-order valence-electron chi connectivity index (χ0n) is 15.9. The van der Waals surface area contributed by atoms with Gasteiger partial charge in [-0.05, 0) is 30.8 Å². The molecule has 0 aliphatic heterocycles. The average molecular weight is 407 g/mol. The van der Waals surface area contributed by atoms with Crippen LogP contribution >= 0.6 is 11.8 Å². The van der Waals surface area contributed by atoms with Gasteiger partial charge in [0.1, 0.15) is 18.1 Å². The van der Waals surface area contributed by atoms with Crippen molar-refractivity contribution in [1.29, 1.82) is 0 Å². The molecule has 7 N–H and O–H groups in total. The number of carboxylic acid groups (broad SMARTS) is 1. The molecule has 10 nitrogen and oxygen atoms in total. The van der Waals surface area contributed by atoms with Crippen molar-refractivity contribution in [2.75, 3.05) is 25.2 Å². The van der Waals surface area contributed by atoms with E-state index in [-0.39, 0.29) is 25.3 Å². The van der Waals surface area contributed by atoms with Crippen LogP contribution in [0.15, 0.2) is 0 Å². The molecule has 0 aromatic rings. The van der Waals surface area contributed by atoms with E-state index in [1.54, 1.807) is 0 Å². The SMILES string of the molecule is CSCCC(NC(=O)C(CO)NC(=O)CN)C(=O)NC(CC(C)C)C(=O)O. The number of aliphatic hydroxyl groups is 1. The summed E-state index contributed by atoms with van der Waals surface area (Å²) >= 11 is 1.46. The maximum Gasteiger partial charge on any atom is 0.326 e. The highest BCUT2D eigenvalue weighted by atomic mass is 32.2. The van der Waals surface area contributed by atoms with E-state index in [2.05, 4.69) is 16.0 Å². The van der Waals surface area contributed by atoms with Gasteiger partial charge >= 0.3 is 5.97 Å². The van der Waals surface area contributed by atoms with Crippen LogP contribution in [-0.2, 0) is 19.2 Å². The fourth-order valence-corrected chi connectivity index (χ4v) is 2.66. The third kappa shape index (κ3) is 10.2. The number of nitrogens with two attached hydrogens (primary N) is 1. The molecule has 0 saturated heterocycles. The van der Waals surface area contributed by atoms with Gasteiger partial charge in [0.25, 0.3) is 0 Å². The molecule has 0 fully saturated rings. The summed E-state index contributed by atoms with van der Waals surface area (Å²) in [5, 5.41) is 25.7. The van der Waals surface area contributed by atoms with E-state index in [4.69, 9.17) is 5.73 Å². The van der Waals surface area contributed by atoms with Crippen LogP contribution in [0.5, 0.6) is 0 Å². The lowest BCUT2D eigenvalue weighted by Crippen LogP contribution is -2.57. The minimum atomic E-state index is -1.25. The first-order valence-electron chi connectivity index (χ1n) is 8.58. The normalized spacial score (nSPS) is 14.1. The number of hydrogen-bond donors (Lipinski definition) is 6. The lowest BCUT2D eigenvalue weighted by atomic mass is 10.0. The molecule has 0 aromatic heterocycles.